The van der Waals surface area contributed by atoms with Gasteiger partial charge in [-0.1, -0.05) is 52.4 Å². The Hall–Kier alpha value is -0.0400. The van der Waals surface area contributed by atoms with E-state index in [4.69, 9.17) is 0 Å². The topological polar surface area (TPSA) is 12.0 Å². The smallest absolute Gasteiger partial charge is 0.0121 e. The van der Waals surface area contributed by atoms with Crippen LogP contribution in [0, 0.1) is 11.3 Å². The number of hydrogen-bond donors (Lipinski definition) is 1. The zero-order valence-electron chi connectivity index (χ0n) is 12.8. The summed E-state index contributed by atoms with van der Waals surface area (Å²) in [7, 11) is 0. The van der Waals surface area contributed by atoms with Gasteiger partial charge in [0.05, 0.1) is 0 Å². The van der Waals surface area contributed by atoms with E-state index in [2.05, 4.69) is 26.1 Å². The molecule has 2 rings (SSSR count). The van der Waals surface area contributed by atoms with Gasteiger partial charge in [0.2, 0.25) is 0 Å². The lowest BCUT2D eigenvalue weighted by Crippen LogP contribution is -2.49. The van der Waals surface area contributed by atoms with E-state index in [0.717, 1.165) is 18.0 Å². The second-order valence-corrected chi connectivity index (χ2v) is 7.49. The van der Waals surface area contributed by atoms with Crippen LogP contribution in [0.4, 0.5) is 0 Å². The highest BCUT2D eigenvalue weighted by atomic mass is 15.0. The summed E-state index contributed by atoms with van der Waals surface area (Å²) < 4.78 is 0. The third kappa shape index (κ3) is 3.73. The predicted octanol–water partition coefficient (Wildman–Crippen LogP) is 4.90. The third-order valence-electron chi connectivity index (χ3n) is 5.58. The van der Waals surface area contributed by atoms with Crippen molar-refractivity contribution < 1.29 is 0 Å². The molecular weight excluding hydrogens is 218 g/mol. The van der Waals surface area contributed by atoms with E-state index < -0.39 is 0 Å². The van der Waals surface area contributed by atoms with Crippen LogP contribution in [0.1, 0.15) is 85.0 Å². The maximum atomic E-state index is 4.01. The number of hydrogen-bond acceptors (Lipinski definition) is 1. The predicted molar refractivity (Wildman–Crippen MR) is 79.8 cm³/mol. The van der Waals surface area contributed by atoms with Gasteiger partial charge in [-0.05, 0) is 43.9 Å². The van der Waals surface area contributed by atoms with Gasteiger partial charge in [-0.25, -0.2) is 0 Å². The van der Waals surface area contributed by atoms with Crippen molar-refractivity contribution in [1.29, 1.82) is 0 Å². The molecule has 1 N–H and O–H groups in total. The minimum Gasteiger partial charge on any atom is -0.311 e. The van der Waals surface area contributed by atoms with E-state index >= 15 is 0 Å². The summed E-state index contributed by atoms with van der Waals surface area (Å²) in [5, 5.41) is 4.01. The van der Waals surface area contributed by atoms with Gasteiger partial charge in [0.1, 0.15) is 0 Å². The molecule has 2 aliphatic carbocycles. The fraction of sp³-hybridized carbons (Fsp3) is 1.00. The normalized spacial score (nSPS) is 31.8. The maximum Gasteiger partial charge on any atom is 0.0121 e. The molecule has 2 fully saturated rings. The largest absolute Gasteiger partial charge is 0.311 e. The van der Waals surface area contributed by atoms with Crippen molar-refractivity contribution in [3.05, 3.63) is 0 Å². The molecule has 2 atom stereocenters. The Morgan fingerprint density at radius 3 is 2.11 bits per heavy atom. The molecule has 0 radical (unpaired) electrons. The van der Waals surface area contributed by atoms with Crippen LogP contribution >= 0.6 is 0 Å². The van der Waals surface area contributed by atoms with Gasteiger partial charge in [0, 0.05) is 12.1 Å². The lowest BCUT2D eigenvalue weighted by Gasteiger charge is -2.42. The third-order valence-corrected chi connectivity index (χ3v) is 5.58. The lowest BCUT2D eigenvalue weighted by atomic mass is 9.72. The van der Waals surface area contributed by atoms with Crippen molar-refractivity contribution in [1.82, 2.24) is 5.32 Å². The fourth-order valence-electron chi connectivity index (χ4n) is 4.07. The zero-order valence-corrected chi connectivity index (χ0v) is 12.8. The molecule has 0 saturated heterocycles. The van der Waals surface area contributed by atoms with Gasteiger partial charge in [0.15, 0.2) is 0 Å². The highest BCUT2D eigenvalue weighted by molar-refractivity contribution is 4.90. The first-order chi connectivity index (χ1) is 8.59. The van der Waals surface area contributed by atoms with Crippen LogP contribution in [-0.2, 0) is 0 Å². The van der Waals surface area contributed by atoms with Gasteiger partial charge in [-0.3, -0.25) is 0 Å². The summed E-state index contributed by atoms with van der Waals surface area (Å²) in [6.07, 6.45) is 14.4. The lowest BCUT2D eigenvalue weighted by molar-refractivity contribution is 0.143. The van der Waals surface area contributed by atoms with E-state index in [0.29, 0.717) is 5.41 Å². The molecule has 18 heavy (non-hydrogen) atoms. The number of rotatable bonds is 3. The molecule has 0 bridgehead atoms. The monoisotopic (exact) mass is 251 g/mol. The summed E-state index contributed by atoms with van der Waals surface area (Å²) in [5.41, 5.74) is 0.511. The van der Waals surface area contributed by atoms with Crippen molar-refractivity contribution in [2.24, 2.45) is 11.3 Å². The van der Waals surface area contributed by atoms with Gasteiger partial charge >= 0.3 is 0 Å². The Kier molecular flexibility index (Phi) is 5.12. The molecule has 106 valence electrons. The summed E-state index contributed by atoms with van der Waals surface area (Å²) in [6, 6.07) is 1.48. The first-order valence-corrected chi connectivity index (χ1v) is 8.36. The van der Waals surface area contributed by atoms with Crippen LogP contribution in [0.25, 0.3) is 0 Å². The average Bonchev–Trinajstić information content (AvgIpc) is 2.60. The van der Waals surface area contributed by atoms with Crippen molar-refractivity contribution in [3.63, 3.8) is 0 Å². The molecule has 0 aromatic carbocycles. The maximum absolute atomic E-state index is 4.01. The van der Waals surface area contributed by atoms with Crippen molar-refractivity contribution >= 4 is 0 Å². The molecule has 2 saturated carbocycles. The fourth-order valence-corrected chi connectivity index (χ4v) is 4.07. The Balaban J connectivity index is 1.86. The Morgan fingerprint density at radius 2 is 1.50 bits per heavy atom. The molecule has 1 nitrogen and oxygen atoms in total. The molecule has 1 heteroatoms. The van der Waals surface area contributed by atoms with E-state index in [1.165, 1.54) is 64.2 Å². The van der Waals surface area contributed by atoms with Crippen LogP contribution in [0.3, 0.4) is 0 Å². The Bertz CT molecular complexity index is 238. The van der Waals surface area contributed by atoms with Crippen LogP contribution in [-0.4, -0.2) is 12.1 Å². The second-order valence-electron chi connectivity index (χ2n) is 7.49. The zero-order chi connectivity index (χ0) is 13.0. The molecule has 1 unspecified atom stereocenters. The molecule has 0 aliphatic heterocycles. The van der Waals surface area contributed by atoms with Crippen molar-refractivity contribution in [3.8, 4) is 0 Å². The molecule has 0 heterocycles. The van der Waals surface area contributed by atoms with Gasteiger partial charge in [-0.2, -0.15) is 0 Å². The van der Waals surface area contributed by atoms with E-state index in [1.807, 2.05) is 0 Å². The van der Waals surface area contributed by atoms with Crippen LogP contribution < -0.4 is 5.32 Å². The van der Waals surface area contributed by atoms with E-state index in [9.17, 15) is 0 Å². The molecule has 0 amide bonds. The van der Waals surface area contributed by atoms with E-state index in [-0.39, 0.29) is 0 Å². The Labute approximate surface area is 114 Å². The van der Waals surface area contributed by atoms with Crippen molar-refractivity contribution in [2.45, 2.75) is 97.1 Å². The van der Waals surface area contributed by atoms with Crippen LogP contribution in [0.2, 0.25) is 0 Å². The summed E-state index contributed by atoms with van der Waals surface area (Å²) >= 11 is 0. The van der Waals surface area contributed by atoms with Crippen LogP contribution in [0.15, 0.2) is 0 Å². The molecular formula is C17H33N. The minimum atomic E-state index is 0.511. The summed E-state index contributed by atoms with van der Waals surface area (Å²) in [4.78, 5) is 0. The highest BCUT2D eigenvalue weighted by Crippen LogP contribution is 2.36. The second kappa shape index (κ2) is 6.41. The average molecular weight is 251 g/mol. The van der Waals surface area contributed by atoms with Crippen molar-refractivity contribution in [2.75, 3.05) is 0 Å². The minimum absolute atomic E-state index is 0.511. The molecule has 0 aromatic heterocycles. The highest BCUT2D eigenvalue weighted by Gasteiger charge is 2.33. The quantitative estimate of drug-likeness (QED) is 0.703. The standard InChI is InChI=1S/C17H33N/c1-14(15-10-6-4-5-7-11-15)18-16-12-8-9-13-17(16,2)3/h14-16,18H,4-13H2,1-3H3/t14-,16?/m0/s1. The Morgan fingerprint density at radius 1 is 0.889 bits per heavy atom. The first-order valence-electron chi connectivity index (χ1n) is 8.36. The summed E-state index contributed by atoms with van der Waals surface area (Å²) in [6.45, 7) is 7.37. The van der Waals surface area contributed by atoms with Gasteiger partial charge in [0.25, 0.3) is 0 Å². The molecule has 0 spiro atoms. The molecule has 2 aliphatic rings. The first kappa shape index (κ1) is 14.4. The number of nitrogens with one attached hydrogen (secondary N) is 1. The summed E-state index contributed by atoms with van der Waals surface area (Å²) in [5.74, 6) is 0.935. The van der Waals surface area contributed by atoms with Crippen LogP contribution in [0.5, 0.6) is 0 Å². The van der Waals surface area contributed by atoms with Gasteiger partial charge in [-0.15, -0.1) is 0 Å². The SMILES string of the molecule is C[C@H](NC1CCCCC1(C)C)C1CCCCCC1. The molecule has 0 aromatic rings. The van der Waals surface area contributed by atoms with E-state index in [1.54, 1.807) is 0 Å². The van der Waals surface area contributed by atoms with Gasteiger partial charge < -0.3 is 5.32 Å².